The minimum absolute atomic E-state index is 0.564. The zero-order chi connectivity index (χ0) is 29.5. The summed E-state index contributed by atoms with van der Waals surface area (Å²) in [4.78, 5) is 0. The van der Waals surface area contributed by atoms with E-state index in [2.05, 4.69) is 106 Å². The van der Waals surface area contributed by atoms with Crippen molar-refractivity contribution in [3.05, 3.63) is 95.7 Å². The van der Waals surface area contributed by atoms with Gasteiger partial charge < -0.3 is 10.6 Å². The molecule has 2 aromatic rings. The summed E-state index contributed by atoms with van der Waals surface area (Å²) in [6.07, 6.45) is 16.7. The van der Waals surface area contributed by atoms with Gasteiger partial charge in [-0.2, -0.15) is 0 Å². The van der Waals surface area contributed by atoms with E-state index >= 15 is 0 Å². The molecule has 2 aromatic carbocycles. The lowest BCUT2D eigenvalue weighted by Crippen LogP contribution is -2.30. The average Bonchev–Trinajstić information content (AvgIpc) is 3.33. The largest absolute Gasteiger partial charge is 0.389 e. The molecular formula is C39H60N2. The molecule has 0 aliphatic heterocycles. The minimum Gasteiger partial charge on any atom is -0.389 e. The fourth-order valence-electron chi connectivity index (χ4n) is 6.90. The molecule has 0 amide bonds. The fraction of sp³-hybridized carbons (Fsp3) is 0.590. The van der Waals surface area contributed by atoms with Crippen LogP contribution in [0.2, 0.25) is 0 Å². The molecule has 5 unspecified atom stereocenters. The molecule has 0 bridgehead atoms. The highest BCUT2D eigenvalue weighted by Crippen LogP contribution is 2.38. The second-order valence-corrected chi connectivity index (χ2v) is 13.1. The molecular weight excluding hydrogens is 496 g/mol. The molecule has 226 valence electrons. The van der Waals surface area contributed by atoms with Gasteiger partial charge in [-0.25, -0.2) is 0 Å². The number of hydrogen-bond donors (Lipinski definition) is 2. The van der Waals surface area contributed by atoms with Crippen molar-refractivity contribution in [2.75, 3.05) is 13.1 Å². The third-order valence-corrected chi connectivity index (χ3v) is 9.51. The van der Waals surface area contributed by atoms with Gasteiger partial charge in [0.25, 0.3) is 0 Å². The summed E-state index contributed by atoms with van der Waals surface area (Å²) in [7, 11) is 0. The van der Waals surface area contributed by atoms with E-state index in [-0.39, 0.29) is 0 Å². The molecule has 1 fully saturated rings. The van der Waals surface area contributed by atoms with Gasteiger partial charge in [0.15, 0.2) is 0 Å². The van der Waals surface area contributed by atoms with Crippen LogP contribution in [-0.4, -0.2) is 19.1 Å². The van der Waals surface area contributed by atoms with E-state index in [1.165, 1.54) is 79.3 Å². The first-order chi connectivity index (χ1) is 19.9. The van der Waals surface area contributed by atoms with Crippen LogP contribution in [0.25, 0.3) is 0 Å². The summed E-state index contributed by atoms with van der Waals surface area (Å²) in [6, 6.07) is 18.9. The van der Waals surface area contributed by atoms with Crippen LogP contribution in [0.1, 0.15) is 101 Å². The number of allylic oxidation sites excluding steroid dienone is 2. The lowest BCUT2D eigenvalue weighted by Gasteiger charge is -2.21. The van der Waals surface area contributed by atoms with Gasteiger partial charge >= 0.3 is 0 Å². The molecule has 5 atom stereocenters. The third-order valence-electron chi connectivity index (χ3n) is 9.51. The van der Waals surface area contributed by atoms with Crippen molar-refractivity contribution in [2.45, 2.75) is 111 Å². The first kappa shape index (κ1) is 33.2. The summed E-state index contributed by atoms with van der Waals surface area (Å²) in [5.74, 6) is 3.02. The Hall–Kier alpha value is -2.32. The molecule has 1 aliphatic carbocycles. The van der Waals surface area contributed by atoms with Gasteiger partial charge in [0.05, 0.1) is 0 Å². The maximum Gasteiger partial charge on any atom is 0.0174 e. The maximum atomic E-state index is 4.42. The molecule has 0 saturated heterocycles. The second kappa shape index (κ2) is 18.3. The van der Waals surface area contributed by atoms with Crippen LogP contribution in [0.4, 0.5) is 0 Å². The Morgan fingerprint density at radius 2 is 1.68 bits per heavy atom. The summed E-state index contributed by atoms with van der Waals surface area (Å²) in [5.41, 5.74) is 6.86. The van der Waals surface area contributed by atoms with E-state index in [1.807, 2.05) is 0 Å². The Morgan fingerprint density at radius 1 is 0.976 bits per heavy atom. The van der Waals surface area contributed by atoms with Gasteiger partial charge in [0.2, 0.25) is 0 Å². The Morgan fingerprint density at radius 3 is 2.37 bits per heavy atom. The molecule has 3 rings (SSSR count). The van der Waals surface area contributed by atoms with Gasteiger partial charge in [-0.3, -0.25) is 0 Å². The second-order valence-electron chi connectivity index (χ2n) is 13.1. The zero-order valence-electron chi connectivity index (χ0n) is 26.9. The molecule has 2 N–H and O–H groups in total. The molecule has 0 spiro atoms. The van der Waals surface area contributed by atoms with Crippen LogP contribution in [0.5, 0.6) is 0 Å². The predicted molar refractivity (Wildman–Crippen MR) is 180 cm³/mol. The van der Waals surface area contributed by atoms with Gasteiger partial charge in [0.1, 0.15) is 0 Å². The van der Waals surface area contributed by atoms with Crippen LogP contribution in [0, 0.1) is 30.6 Å². The van der Waals surface area contributed by atoms with E-state index in [4.69, 9.17) is 0 Å². The molecule has 0 aromatic heterocycles. The van der Waals surface area contributed by atoms with Crippen molar-refractivity contribution in [1.82, 2.24) is 10.6 Å². The van der Waals surface area contributed by atoms with Crippen LogP contribution >= 0.6 is 0 Å². The predicted octanol–water partition coefficient (Wildman–Crippen LogP) is 9.62. The SMILES string of the molecule is C=CCC(CC(=C)NCC1CC(CCCNC(CCC)CCc2ccc(CC)cc2)CC1C)Cc1ccc(C)cc1. The summed E-state index contributed by atoms with van der Waals surface area (Å²) < 4.78 is 0. The first-order valence-corrected chi connectivity index (χ1v) is 16.8. The van der Waals surface area contributed by atoms with E-state index < -0.39 is 0 Å². The van der Waals surface area contributed by atoms with E-state index in [9.17, 15) is 0 Å². The Labute approximate surface area is 253 Å². The Balaban J connectivity index is 1.33. The van der Waals surface area contributed by atoms with E-state index in [1.54, 1.807) is 0 Å². The molecule has 1 saturated carbocycles. The van der Waals surface area contributed by atoms with Gasteiger partial charge in [-0.15, -0.1) is 6.58 Å². The number of hydrogen-bond acceptors (Lipinski definition) is 2. The molecule has 0 heterocycles. The highest BCUT2D eigenvalue weighted by atomic mass is 14.9. The number of nitrogens with one attached hydrogen (secondary N) is 2. The van der Waals surface area contributed by atoms with Gasteiger partial charge in [-0.1, -0.05) is 93.9 Å². The highest BCUT2D eigenvalue weighted by molar-refractivity contribution is 5.23. The van der Waals surface area contributed by atoms with E-state index in [0.717, 1.165) is 56.5 Å². The fourth-order valence-corrected chi connectivity index (χ4v) is 6.90. The highest BCUT2D eigenvalue weighted by Gasteiger charge is 2.30. The van der Waals surface area contributed by atoms with Crippen LogP contribution in [0.3, 0.4) is 0 Å². The minimum atomic E-state index is 0.564. The molecule has 41 heavy (non-hydrogen) atoms. The summed E-state index contributed by atoms with van der Waals surface area (Å²) in [5, 5.41) is 7.67. The Bertz CT molecular complexity index is 1000. The van der Waals surface area contributed by atoms with Crippen molar-refractivity contribution in [3.8, 4) is 0 Å². The van der Waals surface area contributed by atoms with Crippen molar-refractivity contribution in [2.24, 2.45) is 23.7 Å². The third kappa shape index (κ3) is 12.2. The molecule has 0 radical (unpaired) electrons. The zero-order valence-corrected chi connectivity index (χ0v) is 26.9. The number of rotatable bonds is 20. The molecule has 1 aliphatic rings. The lowest BCUT2D eigenvalue weighted by molar-refractivity contribution is 0.394. The maximum absolute atomic E-state index is 4.42. The van der Waals surface area contributed by atoms with Crippen molar-refractivity contribution < 1.29 is 0 Å². The van der Waals surface area contributed by atoms with Gasteiger partial charge in [0, 0.05) is 18.3 Å². The monoisotopic (exact) mass is 556 g/mol. The lowest BCUT2D eigenvalue weighted by atomic mass is 9.91. The van der Waals surface area contributed by atoms with E-state index in [0.29, 0.717) is 12.0 Å². The van der Waals surface area contributed by atoms with Crippen LogP contribution in [0.15, 0.2) is 73.5 Å². The van der Waals surface area contributed by atoms with Crippen molar-refractivity contribution in [1.29, 1.82) is 0 Å². The molecule has 2 heteroatoms. The first-order valence-electron chi connectivity index (χ1n) is 16.8. The quantitative estimate of drug-likeness (QED) is 0.125. The van der Waals surface area contributed by atoms with Crippen molar-refractivity contribution >= 4 is 0 Å². The summed E-state index contributed by atoms with van der Waals surface area (Å²) >= 11 is 0. The standard InChI is InChI=1S/C39H60N2/c1-7-11-36(27-35-16-14-30(4)15-17-35)26-32(6)41-29-38-28-37(25-31(38)5)13-10-24-40-39(12-8-2)23-22-34-20-18-33(9-3)19-21-34/h7,14-21,31,36-41H,1,6,8-13,22-29H2,2-5H3. The summed E-state index contributed by atoms with van der Waals surface area (Å²) in [6.45, 7) is 19.8. The molecule has 2 nitrogen and oxygen atoms in total. The van der Waals surface area contributed by atoms with Crippen LogP contribution < -0.4 is 10.6 Å². The smallest absolute Gasteiger partial charge is 0.0174 e. The normalized spacial score (nSPS) is 20.0. The number of aryl methyl sites for hydroxylation is 3. The number of benzene rings is 2. The van der Waals surface area contributed by atoms with Gasteiger partial charge in [-0.05, 0) is 124 Å². The average molecular weight is 557 g/mol. The van der Waals surface area contributed by atoms with Crippen LogP contribution in [-0.2, 0) is 19.3 Å². The Kier molecular flexibility index (Phi) is 14.8. The topological polar surface area (TPSA) is 24.1 Å². The van der Waals surface area contributed by atoms with Crippen molar-refractivity contribution in [3.63, 3.8) is 0 Å².